The Kier molecular flexibility index (Phi) is 5.66. The van der Waals surface area contributed by atoms with E-state index in [2.05, 4.69) is 6.92 Å². The van der Waals surface area contributed by atoms with Crippen LogP contribution in [0.25, 0.3) is 0 Å². The molecular formula is C5H8ClOS. The monoisotopic (exact) mass is 151 g/mol. The lowest BCUT2D eigenvalue weighted by molar-refractivity contribution is -0.109. The molecule has 0 bridgehead atoms. The normalized spacial score (nSPS) is 9.25. The molecule has 0 aliphatic rings. The Bertz CT molecular complexity index is 74.8. The van der Waals surface area contributed by atoms with Crippen molar-refractivity contribution >= 4 is 28.6 Å². The zero-order valence-electron chi connectivity index (χ0n) is 4.52. The van der Waals surface area contributed by atoms with E-state index in [4.69, 9.17) is 11.6 Å². The number of halogens is 1. The molecule has 0 aromatic carbocycles. The van der Waals surface area contributed by atoms with Gasteiger partial charge in [0, 0.05) is 0 Å². The minimum absolute atomic E-state index is 0.275. The quantitative estimate of drug-likeness (QED) is 0.450. The first kappa shape index (κ1) is 8.31. The molecular weight excluding hydrogens is 144 g/mol. The van der Waals surface area contributed by atoms with Crippen LogP contribution >= 0.6 is 23.4 Å². The van der Waals surface area contributed by atoms with Crippen LogP contribution in [0.3, 0.4) is 0 Å². The first-order valence-electron chi connectivity index (χ1n) is 2.32. The SMILES string of the molecule is [CH2]CCSCC(=O)Cl. The molecule has 0 atom stereocenters. The van der Waals surface area contributed by atoms with Crippen LogP contribution in [0.4, 0.5) is 0 Å². The molecule has 1 radical (unpaired) electrons. The predicted molar refractivity (Wildman–Crippen MR) is 38.2 cm³/mol. The van der Waals surface area contributed by atoms with Crippen molar-refractivity contribution in [3.8, 4) is 0 Å². The number of carbonyl (C=O) groups is 1. The van der Waals surface area contributed by atoms with Gasteiger partial charge in [-0.1, -0.05) is 6.92 Å². The average Bonchev–Trinajstić information content (AvgIpc) is 1.66. The number of hydrogen-bond acceptors (Lipinski definition) is 2. The maximum atomic E-state index is 10.0. The van der Waals surface area contributed by atoms with Gasteiger partial charge in [0.15, 0.2) is 0 Å². The summed E-state index contributed by atoms with van der Waals surface area (Å²) in [6, 6.07) is 0. The zero-order chi connectivity index (χ0) is 6.41. The van der Waals surface area contributed by atoms with Crippen molar-refractivity contribution in [2.45, 2.75) is 6.42 Å². The van der Waals surface area contributed by atoms with Gasteiger partial charge in [-0.2, -0.15) is 11.8 Å². The van der Waals surface area contributed by atoms with Gasteiger partial charge in [-0.15, -0.1) is 0 Å². The summed E-state index contributed by atoms with van der Waals surface area (Å²) >= 11 is 6.55. The molecule has 0 unspecified atom stereocenters. The minimum atomic E-state index is -0.275. The predicted octanol–water partition coefficient (Wildman–Crippen LogP) is 1.71. The third-order valence-corrected chi connectivity index (χ3v) is 1.84. The molecule has 0 spiro atoms. The fourth-order valence-corrected chi connectivity index (χ4v) is 0.995. The van der Waals surface area contributed by atoms with Crippen molar-refractivity contribution in [3.63, 3.8) is 0 Å². The van der Waals surface area contributed by atoms with Gasteiger partial charge >= 0.3 is 0 Å². The summed E-state index contributed by atoms with van der Waals surface area (Å²) in [7, 11) is 0. The molecule has 0 saturated heterocycles. The molecule has 0 rings (SSSR count). The van der Waals surface area contributed by atoms with Gasteiger partial charge in [0.25, 0.3) is 0 Å². The number of carbonyl (C=O) groups excluding carboxylic acids is 1. The molecule has 0 aliphatic heterocycles. The lowest BCUT2D eigenvalue weighted by atomic mass is 10.6. The molecule has 0 fully saturated rings. The molecule has 0 aromatic rings. The van der Waals surface area contributed by atoms with Crippen LogP contribution in [-0.2, 0) is 4.79 Å². The first-order valence-corrected chi connectivity index (χ1v) is 3.86. The number of rotatable bonds is 4. The number of hydrogen-bond donors (Lipinski definition) is 0. The highest BCUT2D eigenvalue weighted by Gasteiger charge is 1.92. The van der Waals surface area contributed by atoms with Crippen LogP contribution in [0.2, 0.25) is 0 Å². The molecule has 8 heavy (non-hydrogen) atoms. The van der Waals surface area contributed by atoms with Crippen LogP contribution in [0.15, 0.2) is 0 Å². The van der Waals surface area contributed by atoms with Gasteiger partial charge in [-0.25, -0.2) is 0 Å². The highest BCUT2D eigenvalue weighted by Crippen LogP contribution is 2.02. The Morgan fingerprint density at radius 3 is 2.75 bits per heavy atom. The minimum Gasteiger partial charge on any atom is -0.280 e. The van der Waals surface area contributed by atoms with Crippen LogP contribution in [0, 0.1) is 6.92 Å². The van der Waals surface area contributed by atoms with E-state index in [9.17, 15) is 4.79 Å². The maximum absolute atomic E-state index is 10.0. The van der Waals surface area contributed by atoms with Gasteiger partial charge in [-0.05, 0) is 23.8 Å². The third kappa shape index (κ3) is 6.31. The van der Waals surface area contributed by atoms with E-state index >= 15 is 0 Å². The Hall–Kier alpha value is 0.310. The second kappa shape index (κ2) is 5.45. The van der Waals surface area contributed by atoms with Crippen molar-refractivity contribution in [2.24, 2.45) is 0 Å². The van der Waals surface area contributed by atoms with Crippen LogP contribution in [0.5, 0.6) is 0 Å². The van der Waals surface area contributed by atoms with Gasteiger partial charge < -0.3 is 0 Å². The summed E-state index contributed by atoms with van der Waals surface area (Å²) < 4.78 is 0. The molecule has 47 valence electrons. The van der Waals surface area contributed by atoms with Gasteiger partial charge in [0.1, 0.15) is 0 Å². The van der Waals surface area contributed by atoms with Crippen molar-refractivity contribution in [3.05, 3.63) is 6.92 Å². The van der Waals surface area contributed by atoms with Gasteiger partial charge in [-0.3, -0.25) is 4.79 Å². The van der Waals surface area contributed by atoms with Gasteiger partial charge in [0.2, 0.25) is 5.24 Å². The zero-order valence-corrected chi connectivity index (χ0v) is 6.10. The maximum Gasteiger partial charge on any atom is 0.231 e. The Labute approximate surface area is 58.8 Å². The van der Waals surface area contributed by atoms with Gasteiger partial charge in [0.05, 0.1) is 5.75 Å². The number of thioether (sulfide) groups is 1. The summed E-state index contributed by atoms with van der Waals surface area (Å²) in [5, 5.41) is -0.275. The van der Waals surface area contributed by atoms with E-state index in [1.54, 1.807) is 0 Å². The largest absolute Gasteiger partial charge is 0.280 e. The molecule has 0 aromatic heterocycles. The smallest absolute Gasteiger partial charge is 0.231 e. The van der Waals surface area contributed by atoms with E-state index in [1.807, 2.05) is 0 Å². The lowest BCUT2D eigenvalue weighted by Gasteiger charge is -1.89. The van der Waals surface area contributed by atoms with Crippen LogP contribution < -0.4 is 0 Å². The Morgan fingerprint density at radius 2 is 2.38 bits per heavy atom. The third-order valence-electron chi connectivity index (χ3n) is 0.504. The Balaban J connectivity index is 2.82. The molecule has 0 saturated carbocycles. The molecule has 0 aliphatic carbocycles. The fourth-order valence-electron chi connectivity index (χ4n) is 0.254. The highest BCUT2D eigenvalue weighted by molar-refractivity contribution is 8.00. The average molecular weight is 152 g/mol. The molecule has 3 heteroatoms. The summed E-state index contributed by atoms with van der Waals surface area (Å²) in [5.74, 6) is 1.33. The van der Waals surface area contributed by atoms with Crippen LogP contribution in [0.1, 0.15) is 6.42 Å². The molecule has 1 nitrogen and oxygen atoms in total. The lowest BCUT2D eigenvalue weighted by Crippen LogP contribution is -1.89. The van der Waals surface area contributed by atoms with Crippen molar-refractivity contribution in [1.29, 1.82) is 0 Å². The molecule has 0 heterocycles. The molecule has 0 N–H and O–H groups in total. The van der Waals surface area contributed by atoms with E-state index < -0.39 is 0 Å². The summed E-state index contributed by atoms with van der Waals surface area (Å²) in [6.45, 7) is 3.61. The highest BCUT2D eigenvalue weighted by atomic mass is 35.5. The summed E-state index contributed by atoms with van der Waals surface area (Å²) in [5.41, 5.74) is 0. The fraction of sp³-hybridized carbons (Fsp3) is 0.600. The second-order valence-corrected chi connectivity index (χ2v) is 2.79. The topological polar surface area (TPSA) is 17.1 Å². The summed E-state index contributed by atoms with van der Waals surface area (Å²) in [4.78, 5) is 10.0. The van der Waals surface area contributed by atoms with Crippen molar-refractivity contribution < 1.29 is 4.79 Å². The van der Waals surface area contributed by atoms with Crippen LogP contribution in [-0.4, -0.2) is 16.7 Å². The second-order valence-electron chi connectivity index (χ2n) is 1.26. The first-order chi connectivity index (χ1) is 3.77. The standard InChI is InChI=1S/C5H8ClOS/c1-2-3-8-4-5(6)7/h1-4H2. The van der Waals surface area contributed by atoms with E-state index in [1.165, 1.54) is 11.8 Å². The summed E-state index contributed by atoms with van der Waals surface area (Å²) in [6.07, 6.45) is 0.856. The van der Waals surface area contributed by atoms with E-state index in [0.29, 0.717) is 5.75 Å². The Morgan fingerprint density at radius 1 is 1.75 bits per heavy atom. The van der Waals surface area contributed by atoms with E-state index in [-0.39, 0.29) is 5.24 Å². The molecule has 0 amide bonds. The van der Waals surface area contributed by atoms with Crippen molar-refractivity contribution in [2.75, 3.05) is 11.5 Å². The van der Waals surface area contributed by atoms with Crippen molar-refractivity contribution in [1.82, 2.24) is 0 Å². The van der Waals surface area contributed by atoms with E-state index in [0.717, 1.165) is 12.2 Å².